The Morgan fingerprint density at radius 3 is 2.65 bits per heavy atom. The van der Waals surface area contributed by atoms with Gasteiger partial charge in [0.2, 0.25) is 5.91 Å². The second-order valence-electron chi connectivity index (χ2n) is 5.96. The molecule has 0 spiro atoms. The molecule has 0 radical (unpaired) electrons. The van der Waals surface area contributed by atoms with E-state index in [2.05, 4.69) is 5.32 Å². The minimum Gasteiger partial charge on any atom is -0.465 e. The summed E-state index contributed by atoms with van der Waals surface area (Å²) in [5.41, 5.74) is 0.302. The minimum absolute atomic E-state index is 0.0229. The molecule has 128 valence electrons. The zero-order valence-corrected chi connectivity index (χ0v) is 13.2. The lowest BCUT2D eigenvalue weighted by Gasteiger charge is -2.18. The van der Waals surface area contributed by atoms with Gasteiger partial charge in [0.25, 0.3) is 5.91 Å². The molecule has 1 N–H and O–H groups in total. The van der Waals surface area contributed by atoms with Crippen LogP contribution in [0.25, 0.3) is 0 Å². The smallest absolute Gasteiger partial charge is 0.406 e. The molecule has 2 rings (SSSR count). The molecule has 1 aliphatic heterocycles. The van der Waals surface area contributed by atoms with Crippen LogP contribution in [0, 0.1) is 6.92 Å². The fourth-order valence-electron chi connectivity index (χ4n) is 2.50. The molecule has 1 aromatic rings. The Hall–Kier alpha value is -1.99. The predicted octanol–water partition coefficient (Wildman–Crippen LogP) is 2.60. The number of aryl methyl sites for hydroxylation is 1. The van der Waals surface area contributed by atoms with E-state index in [1.165, 1.54) is 0 Å². The maximum absolute atomic E-state index is 12.4. The molecular weight excluding hydrogens is 313 g/mol. The highest BCUT2D eigenvalue weighted by Gasteiger charge is 2.40. The molecule has 2 amide bonds. The van der Waals surface area contributed by atoms with Crippen LogP contribution in [0.3, 0.4) is 0 Å². The standard InChI is InChI=1S/C15H19F3N2O3/c1-8(2)12-6-10(9(3)23-12)13(21)19-11-4-5-20(14(11)22)7-15(16,17)18/h6,8,11H,4-5,7H2,1-3H3,(H,19,21). The van der Waals surface area contributed by atoms with Gasteiger partial charge in [0, 0.05) is 12.5 Å². The number of furan rings is 1. The SMILES string of the molecule is Cc1oc(C(C)C)cc1C(=O)NC1CCN(CC(F)(F)F)C1=O. The van der Waals surface area contributed by atoms with Crippen LogP contribution < -0.4 is 5.32 Å². The first-order chi connectivity index (χ1) is 10.6. The molecule has 1 saturated heterocycles. The van der Waals surface area contributed by atoms with E-state index < -0.39 is 30.6 Å². The highest BCUT2D eigenvalue weighted by atomic mass is 19.4. The molecule has 1 fully saturated rings. The largest absolute Gasteiger partial charge is 0.465 e. The molecule has 1 aromatic heterocycles. The lowest BCUT2D eigenvalue weighted by atomic mass is 10.1. The molecule has 0 aromatic carbocycles. The molecule has 1 atom stereocenters. The maximum atomic E-state index is 12.4. The molecule has 1 aliphatic rings. The van der Waals surface area contributed by atoms with E-state index in [-0.39, 0.29) is 18.9 Å². The fourth-order valence-corrected chi connectivity index (χ4v) is 2.50. The Labute approximate surface area is 131 Å². The van der Waals surface area contributed by atoms with E-state index in [4.69, 9.17) is 4.42 Å². The topological polar surface area (TPSA) is 62.6 Å². The monoisotopic (exact) mass is 332 g/mol. The van der Waals surface area contributed by atoms with E-state index in [0.29, 0.717) is 22.0 Å². The average molecular weight is 332 g/mol. The van der Waals surface area contributed by atoms with Gasteiger partial charge in [0.05, 0.1) is 5.56 Å². The Kier molecular flexibility index (Phi) is 4.72. The van der Waals surface area contributed by atoms with Crippen molar-refractivity contribution >= 4 is 11.8 Å². The van der Waals surface area contributed by atoms with Gasteiger partial charge in [-0.25, -0.2) is 0 Å². The number of hydrogen-bond donors (Lipinski definition) is 1. The van der Waals surface area contributed by atoms with Crippen LogP contribution in [0.5, 0.6) is 0 Å². The van der Waals surface area contributed by atoms with Crippen LogP contribution in [0.4, 0.5) is 13.2 Å². The average Bonchev–Trinajstić information content (AvgIpc) is 2.95. The fraction of sp³-hybridized carbons (Fsp3) is 0.600. The normalized spacial score (nSPS) is 18.8. The Morgan fingerprint density at radius 2 is 2.13 bits per heavy atom. The third kappa shape index (κ3) is 4.05. The Balaban J connectivity index is 2.03. The highest BCUT2D eigenvalue weighted by molar-refractivity contribution is 5.98. The van der Waals surface area contributed by atoms with E-state index in [1.54, 1.807) is 13.0 Å². The van der Waals surface area contributed by atoms with Crippen molar-refractivity contribution in [3.63, 3.8) is 0 Å². The van der Waals surface area contributed by atoms with Crippen molar-refractivity contribution in [1.82, 2.24) is 10.2 Å². The van der Waals surface area contributed by atoms with Crippen LogP contribution in [0.15, 0.2) is 10.5 Å². The third-order valence-corrected chi connectivity index (χ3v) is 3.72. The van der Waals surface area contributed by atoms with Crippen molar-refractivity contribution in [3.05, 3.63) is 23.2 Å². The van der Waals surface area contributed by atoms with Crippen molar-refractivity contribution in [3.8, 4) is 0 Å². The van der Waals surface area contributed by atoms with Crippen LogP contribution in [-0.2, 0) is 4.79 Å². The number of nitrogens with zero attached hydrogens (tertiary/aromatic N) is 1. The number of nitrogens with one attached hydrogen (secondary N) is 1. The second kappa shape index (κ2) is 6.25. The van der Waals surface area contributed by atoms with Crippen molar-refractivity contribution < 1.29 is 27.2 Å². The summed E-state index contributed by atoms with van der Waals surface area (Å²) in [7, 11) is 0. The van der Waals surface area contributed by atoms with Gasteiger partial charge >= 0.3 is 6.18 Å². The lowest BCUT2D eigenvalue weighted by molar-refractivity contribution is -0.157. The highest BCUT2D eigenvalue weighted by Crippen LogP contribution is 2.23. The Bertz CT molecular complexity index is 608. The van der Waals surface area contributed by atoms with Gasteiger partial charge in [-0.3, -0.25) is 9.59 Å². The van der Waals surface area contributed by atoms with Crippen molar-refractivity contribution in [2.45, 2.75) is 45.3 Å². The molecule has 0 saturated carbocycles. The zero-order valence-electron chi connectivity index (χ0n) is 13.2. The van der Waals surface area contributed by atoms with Gasteiger partial charge in [-0.05, 0) is 19.4 Å². The van der Waals surface area contributed by atoms with Crippen molar-refractivity contribution in [2.75, 3.05) is 13.1 Å². The number of alkyl halides is 3. The summed E-state index contributed by atoms with van der Waals surface area (Å²) >= 11 is 0. The Morgan fingerprint density at radius 1 is 1.48 bits per heavy atom. The number of rotatable bonds is 4. The number of carbonyl (C=O) groups excluding carboxylic acids is 2. The van der Waals surface area contributed by atoms with Gasteiger partial charge < -0.3 is 14.6 Å². The summed E-state index contributed by atoms with van der Waals surface area (Å²) in [4.78, 5) is 24.9. The molecule has 0 aliphatic carbocycles. The number of likely N-dealkylation sites (tertiary alicyclic amines) is 1. The van der Waals surface area contributed by atoms with Crippen LogP contribution >= 0.6 is 0 Å². The third-order valence-electron chi connectivity index (χ3n) is 3.72. The maximum Gasteiger partial charge on any atom is 0.406 e. The first-order valence-corrected chi connectivity index (χ1v) is 7.35. The van der Waals surface area contributed by atoms with Gasteiger partial charge in [0.15, 0.2) is 0 Å². The summed E-state index contributed by atoms with van der Waals surface area (Å²) < 4.78 is 42.6. The van der Waals surface area contributed by atoms with E-state index in [0.717, 1.165) is 0 Å². The van der Waals surface area contributed by atoms with Gasteiger partial charge in [0.1, 0.15) is 24.1 Å². The molecule has 2 heterocycles. The van der Waals surface area contributed by atoms with Gasteiger partial charge in [-0.1, -0.05) is 13.8 Å². The zero-order chi connectivity index (χ0) is 17.4. The number of hydrogen-bond acceptors (Lipinski definition) is 3. The molecular formula is C15H19F3N2O3. The molecule has 1 unspecified atom stereocenters. The second-order valence-corrected chi connectivity index (χ2v) is 5.96. The first kappa shape index (κ1) is 17.4. The van der Waals surface area contributed by atoms with Gasteiger partial charge in [-0.15, -0.1) is 0 Å². The van der Waals surface area contributed by atoms with E-state index in [9.17, 15) is 22.8 Å². The predicted molar refractivity (Wildman–Crippen MR) is 76.0 cm³/mol. The summed E-state index contributed by atoms with van der Waals surface area (Å²) in [5.74, 6) is -0.0511. The molecule has 23 heavy (non-hydrogen) atoms. The van der Waals surface area contributed by atoms with Crippen LogP contribution in [0.1, 0.15) is 48.1 Å². The first-order valence-electron chi connectivity index (χ1n) is 7.35. The van der Waals surface area contributed by atoms with E-state index in [1.807, 2.05) is 13.8 Å². The quantitative estimate of drug-likeness (QED) is 0.922. The van der Waals surface area contributed by atoms with E-state index >= 15 is 0 Å². The van der Waals surface area contributed by atoms with Crippen molar-refractivity contribution in [2.24, 2.45) is 0 Å². The summed E-state index contributed by atoms with van der Waals surface area (Å²) in [6.45, 7) is 4.14. The van der Waals surface area contributed by atoms with Crippen LogP contribution in [0.2, 0.25) is 0 Å². The summed E-state index contributed by atoms with van der Waals surface area (Å²) in [6.07, 6.45) is -4.28. The number of amides is 2. The summed E-state index contributed by atoms with van der Waals surface area (Å²) in [6, 6.07) is 0.670. The van der Waals surface area contributed by atoms with Crippen molar-refractivity contribution in [1.29, 1.82) is 0 Å². The number of carbonyl (C=O) groups is 2. The minimum atomic E-state index is -4.44. The lowest BCUT2D eigenvalue weighted by Crippen LogP contribution is -2.43. The van der Waals surface area contributed by atoms with Crippen LogP contribution in [-0.4, -0.2) is 42.0 Å². The number of halogens is 3. The molecule has 0 bridgehead atoms. The summed E-state index contributed by atoms with van der Waals surface area (Å²) in [5, 5.41) is 2.50. The molecule has 8 heteroatoms. The van der Waals surface area contributed by atoms with Gasteiger partial charge in [-0.2, -0.15) is 13.2 Å². The molecule has 5 nitrogen and oxygen atoms in total.